The molecule has 0 aliphatic heterocycles. The topological polar surface area (TPSA) is 86.6 Å². The van der Waals surface area contributed by atoms with E-state index in [2.05, 4.69) is 5.32 Å². The molecule has 0 atom stereocenters. The highest BCUT2D eigenvalue weighted by atomic mass is 16.4. The van der Waals surface area contributed by atoms with Crippen molar-refractivity contribution in [3.05, 3.63) is 0 Å². The van der Waals surface area contributed by atoms with E-state index in [1.807, 2.05) is 0 Å². The van der Waals surface area contributed by atoms with Gasteiger partial charge in [0.15, 0.2) is 0 Å². The van der Waals surface area contributed by atoms with Crippen LogP contribution in [0.25, 0.3) is 0 Å². The number of aliphatic carboxylic acids is 1. The third kappa shape index (κ3) is 3.51. The average molecular weight is 283 g/mol. The third-order valence-electron chi connectivity index (χ3n) is 5.02. The Bertz CT molecular complexity index is 370. The van der Waals surface area contributed by atoms with Gasteiger partial charge in [-0.05, 0) is 37.5 Å². The molecular formula is C15H25NO4. The van der Waals surface area contributed by atoms with Crippen LogP contribution in [0.1, 0.15) is 57.8 Å². The summed E-state index contributed by atoms with van der Waals surface area (Å²) in [5, 5.41) is 21.3. The lowest BCUT2D eigenvalue weighted by Gasteiger charge is -2.32. The Morgan fingerprint density at radius 3 is 2.20 bits per heavy atom. The van der Waals surface area contributed by atoms with Crippen LogP contribution in [0.4, 0.5) is 0 Å². The van der Waals surface area contributed by atoms with E-state index in [0.717, 1.165) is 38.5 Å². The Morgan fingerprint density at radius 2 is 1.70 bits per heavy atom. The maximum atomic E-state index is 12.1. The number of amides is 1. The van der Waals surface area contributed by atoms with Crippen LogP contribution < -0.4 is 5.32 Å². The van der Waals surface area contributed by atoms with Gasteiger partial charge in [0.1, 0.15) is 0 Å². The molecule has 0 aromatic rings. The summed E-state index contributed by atoms with van der Waals surface area (Å²) in [6, 6.07) is 0. The smallest absolute Gasteiger partial charge is 0.310 e. The Morgan fingerprint density at radius 1 is 1.05 bits per heavy atom. The summed E-state index contributed by atoms with van der Waals surface area (Å²) < 4.78 is 0. The summed E-state index contributed by atoms with van der Waals surface area (Å²) in [5.41, 5.74) is -0.774. The van der Waals surface area contributed by atoms with Crippen LogP contribution in [-0.2, 0) is 9.59 Å². The first-order chi connectivity index (χ1) is 9.52. The van der Waals surface area contributed by atoms with Crippen LogP contribution in [0, 0.1) is 10.8 Å². The molecule has 5 nitrogen and oxygen atoms in total. The van der Waals surface area contributed by atoms with Crippen molar-refractivity contribution in [2.24, 2.45) is 10.8 Å². The molecule has 5 heteroatoms. The lowest BCUT2D eigenvalue weighted by molar-refractivity contribution is -0.154. The van der Waals surface area contributed by atoms with Gasteiger partial charge in [0.05, 0.1) is 5.41 Å². The van der Waals surface area contributed by atoms with E-state index < -0.39 is 11.4 Å². The van der Waals surface area contributed by atoms with Crippen LogP contribution in [0.2, 0.25) is 0 Å². The van der Waals surface area contributed by atoms with Crippen LogP contribution >= 0.6 is 0 Å². The van der Waals surface area contributed by atoms with E-state index in [4.69, 9.17) is 5.11 Å². The number of hydrogen-bond donors (Lipinski definition) is 3. The number of rotatable bonds is 7. The average Bonchev–Trinajstić information content (AvgIpc) is 3.18. The summed E-state index contributed by atoms with van der Waals surface area (Å²) in [7, 11) is 0. The molecule has 0 aromatic carbocycles. The molecule has 2 rings (SSSR count). The quantitative estimate of drug-likeness (QED) is 0.663. The zero-order valence-corrected chi connectivity index (χ0v) is 12.0. The van der Waals surface area contributed by atoms with Gasteiger partial charge in [-0.3, -0.25) is 9.59 Å². The molecule has 114 valence electrons. The number of nitrogens with one attached hydrogen (secondary N) is 1. The van der Waals surface area contributed by atoms with Crippen molar-refractivity contribution < 1.29 is 19.8 Å². The SMILES string of the molecule is O=C(CC1(C(=O)O)CCCCC1)NCC1(CCO)CC1. The van der Waals surface area contributed by atoms with E-state index in [-0.39, 0.29) is 24.3 Å². The van der Waals surface area contributed by atoms with Crippen molar-refractivity contribution in [3.8, 4) is 0 Å². The molecular weight excluding hydrogens is 258 g/mol. The van der Waals surface area contributed by atoms with Crippen molar-refractivity contribution in [2.75, 3.05) is 13.2 Å². The zero-order valence-electron chi connectivity index (χ0n) is 12.0. The van der Waals surface area contributed by atoms with E-state index in [0.29, 0.717) is 19.4 Å². The van der Waals surface area contributed by atoms with Gasteiger partial charge < -0.3 is 15.5 Å². The second-order valence-corrected chi connectivity index (χ2v) is 6.57. The Labute approximate surface area is 119 Å². The molecule has 1 amide bonds. The van der Waals surface area contributed by atoms with Crippen molar-refractivity contribution >= 4 is 11.9 Å². The maximum Gasteiger partial charge on any atom is 0.310 e. The minimum Gasteiger partial charge on any atom is -0.481 e. The van der Waals surface area contributed by atoms with Gasteiger partial charge in [-0.1, -0.05) is 19.3 Å². The molecule has 2 aliphatic rings. The van der Waals surface area contributed by atoms with Gasteiger partial charge in [0.25, 0.3) is 0 Å². The van der Waals surface area contributed by atoms with Gasteiger partial charge in [-0.2, -0.15) is 0 Å². The highest BCUT2D eigenvalue weighted by Crippen LogP contribution is 2.48. The standard InChI is InChI=1S/C15H25NO4/c17-9-8-14(6-7-14)11-16-12(18)10-15(13(19)20)4-2-1-3-5-15/h17H,1-11H2,(H,16,18)(H,19,20). The summed E-state index contributed by atoms with van der Waals surface area (Å²) in [4.78, 5) is 23.6. The fourth-order valence-electron chi connectivity index (χ4n) is 3.28. The molecule has 0 unspecified atom stereocenters. The second-order valence-electron chi connectivity index (χ2n) is 6.57. The lowest BCUT2D eigenvalue weighted by atomic mass is 9.71. The van der Waals surface area contributed by atoms with Gasteiger partial charge in [-0.25, -0.2) is 0 Å². The number of aliphatic hydroxyl groups excluding tert-OH is 1. The highest BCUT2D eigenvalue weighted by Gasteiger charge is 2.44. The molecule has 0 bridgehead atoms. The molecule has 0 aromatic heterocycles. The normalized spacial score (nSPS) is 23.1. The Balaban J connectivity index is 1.84. The largest absolute Gasteiger partial charge is 0.481 e. The first kappa shape index (κ1) is 15.3. The lowest BCUT2D eigenvalue weighted by Crippen LogP contribution is -2.40. The summed E-state index contributed by atoms with van der Waals surface area (Å²) in [5.74, 6) is -0.984. The third-order valence-corrected chi connectivity index (χ3v) is 5.02. The fraction of sp³-hybridized carbons (Fsp3) is 0.867. The first-order valence-corrected chi connectivity index (χ1v) is 7.63. The fourth-order valence-corrected chi connectivity index (χ4v) is 3.28. The van der Waals surface area contributed by atoms with Crippen LogP contribution in [0.5, 0.6) is 0 Å². The molecule has 2 saturated carbocycles. The molecule has 0 saturated heterocycles. The number of carboxylic acid groups (broad SMARTS) is 1. The van der Waals surface area contributed by atoms with E-state index in [1.165, 1.54) is 0 Å². The minimum atomic E-state index is -0.851. The molecule has 0 spiro atoms. The van der Waals surface area contributed by atoms with E-state index >= 15 is 0 Å². The molecule has 2 fully saturated rings. The number of aliphatic hydroxyl groups is 1. The molecule has 20 heavy (non-hydrogen) atoms. The minimum absolute atomic E-state index is 0.0767. The second kappa shape index (κ2) is 6.12. The first-order valence-electron chi connectivity index (χ1n) is 7.63. The maximum absolute atomic E-state index is 12.1. The van der Waals surface area contributed by atoms with Crippen molar-refractivity contribution in [2.45, 2.75) is 57.8 Å². The van der Waals surface area contributed by atoms with Crippen molar-refractivity contribution in [1.82, 2.24) is 5.32 Å². The summed E-state index contributed by atoms with van der Waals surface area (Å²) in [6.07, 6.45) is 6.97. The van der Waals surface area contributed by atoms with Crippen molar-refractivity contribution in [3.63, 3.8) is 0 Å². The Kier molecular flexibility index (Phi) is 4.68. The predicted octanol–water partition coefficient (Wildman–Crippen LogP) is 1.69. The van der Waals surface area contributed by atoms with E-state index in [1.54, 1.807) is 0 Å². The van der Waals surface area contributed by atoms with Gasteiger partial charge in [0, 0.05) is 19.6 Å². The zero-order chi connectivity index (χ0) is 14.6. The number of carbonyl (C=O) groups is 2. The van der Waals surface area contributed by atoms with Gasteiger partial charge in [-0.15, -0.1) is 0 Å². The van der Waals surface area contributed by atoms with Crippen LogP contribution in [0.15, 0.2) is 0 Å². The van der Waals surface area contributed by atoms with Crippen molar-refractivity contribution in [1.29, 1.82) is 0 Å². The Hall–Kier alpha value is -1.10. The van der Waals surface area contributed by atoms with E-state index in [9.17, 15) is 14.7 Å². The number of carbonyl (C=O) groups excluding carboxylic acids is 1. The van der Waals surface area contributed by atoms with Gasteiger partial charge in [0.2, 0.25) is 5.91 Å². The number of hydrogen-bond acceptors (Lipinski definition) is 3. The monoisotopic (exact) mass is 283 g/mol. The van der Waals surface area contributed by atoms with Gasteiger partial charge >= 0.3 is 5.97 Å². The molecule has 2 aliphatic carbocycles. The summed E-state index contributed by atoms with van der Waals surface area (Å²) >= 11 is 0. The van der Waals surface area contributed by atoms with Crippen LogP contribution in [0.3, 0.4) is 0 Å². The predicted molar refractivity (Wildman–Crippen MR) is 74.2 cm³/mol. The van der Waals surface area contributed by atoms with Crippen LogP contribution in [-0.4, -0.2) is 35.2 Å². The summed E-state index contributed by atoms with van der Waals surface area (Å²) in [6.45, 7) is 0.719. The molecule has 3 N–H and O–H groups in total. The molecule has 0 radical (unpaired) electrons. The molecule has 0 heterocycles. The highest BCUT2D eigenvalue weighted by molar-refractivity contribution is 5.85. The number of carboxylic acids is 1.